The number of hydrogen-bond acceptors (Lipinski definition) is 2. The summed E-state index contributed by atoms with van der Waals surface area (Å²) < 4.78 is 0. The number of thioether (sulfide) groups is 1. The molecule has 2 unspecified atom stereocenters. The molecule has 0 bridgehead atoms. The van der Waals surface area contributed by atoms with Gasteiger partial charge in [0.1, 0.15) is 0 Å². The number of hydrogen-bond donors (Lipinski definition) is 0. The van der Waals surface area contributed by atoms with Crippen molar-refractivity contribution < 1.29 is 4.79 Å². The monoisotopic (exact) mass is 172 g/mol. The van der Waals surface area contributed by atoms with Crippen LogP contribution < -0.4 is 0 Å². The third-order valence-electron chi connectivity index (χ3n) is 2.34. The molecule has 64 valence electrons. The van der Waals surface area contributed by atoms with Crippen LogP contribution in [-0.4, -0.2) is 10.4 Å². The fourth-order valence-corrected chi connectivity index (χ4v) is 3.13. The van der Waals surface area contributed by atoms with E-state index < -0.39 is 0 Å². The number of carbonyl (C=O) groups excluding carboxylic acids is 1. The number of carbonyl (C=O) groups is 1. The molecule has 1 nitrogen and oxygen atoms in total. The molecule has 0 aromatic rings. The van der Waals surface area contributed by atoms with Gasteiger partial charge in [-0.2, -0.15) is 0 Å². The molecule has 1 aliphatic heterocycles. The second-order valence-corrected chi connectivity index (χ2v) is 4.49. The summed E-state index contributed by atoms with van der Waals surface area (Å²) >= 11 is 1.58. The fraction of sp³-hybridized carbons (Fsp3) is 0.889. The highest BCUT2D eigenvalue weighted by atomic mass is 32.2. The summed E-state index contributed by atoms with van der Waals surface area (Å²) in [6.45, 7) is 4.38. The van der Waals surface area contributed by atoms with Crippen LogP contribution in [0, 0.1) is 5.92 Å². The van der Waals surface area contributed by atoms with E-state index in [2.05, 4.69) is 13.8 Å². The first-order valence-electron chi connectivity index (χ1n) is 4.47. The Morgan fingerprint density at radius 2 is 2.27 bits per heavy atom. The average Bonchev–Trinajstić information content (AvgIpc) is 2.32. The summed E-state index contributed by atoms with van der Waals surface area (Å²) in [5.41, 5.74) is 0. The molecule has 11 heavy (non-hydrogen) atoms. The van der Waals surface area contributed by atoms with E-state index in [0.29, 0.717) is 16.3 Å². The quantitative estimate of drug-likeness (QED) is 0.651. The minimum atomic E-state index is 0.412. The van der Waals surface area contributed by atoms with Gasteiger partial charge in [0, 0.05) is 11.7 Å². The van der Waals surface area contributed by atoms with Crippen molar-refractivity contribution in [2.45, 2.75) is 44.8 Å². The van der Waals surface area contributed by atoms with E-state index >= 15 is 0 Å². The molecule has 0 N–H and O–H groups in total. The van der Waals surface area contributed by atoms with Crippen LogP contribution in [0.1, 0.15) is 39.5 Å². The lowest BCUT2D eigenvalue weighted by Gasteiger charge is -2.13. The first kappa shape index (κ1) is 9.11. The van der Waals surface area contributed by atoms with Crippen molar-refractivity contribution in [3.05, 3.63) is 0 Å². The second kappa shape index (κ2) is 4.15. The molecule has 0 aromatic heterocycles. The van der Waals surface area contributed by atoms with Gasteiger partial charge in [0.2, 0.25) is 0 Å². The molecular weight excluding hydrogens is 156 g/mol. The number of rotatable bonds is 3. The lowest BCUT2D eigenvalue weighted by Crippen LogP contribution is -2.09. The van der Waals surface area contributed by atoms with Crippen molar-refractivity contribution >= 4 is 16.9 Å². The molecule has 1 rings (SSSR count). The van der Waals surface area contributed by atoms with Crippen LogP contribution in [0.3, 0.4) is 0 Å². The molecule has 1 saturated heterocycles. The minimum absolute atomic E-state index is 0.412. The van der Waals surface area contributed by atoms with Gasteiger partial charge < -0.3 is 0 Å². The van der Waals surface area contributed by atoms with Gasteiger partial charge in [-0.3, -0.25) is 4.79 Å². The smallest absolute Gasteiger partial charge is 0.189 e. The summed E-state index contributed by atoms with van der Waals surface area (Å²) in [6.07, 6.45) is 4.42. The second-order valence-electron chi connectivity index (χ2n) is 3.19. The highest BCUT2D eigenvalue weighted by molar-refractivity contribution is 8.14. The van der Waals surface area contributed by atoms with Crippen LogP contribution in [0.4, 0.5) is 0 Å². The fourth-order valence-electron chi connectivity index (χ4n) is 1.65. The van der Waals surface area contributed by atoms with Crippen LogP contribution in [0.2, 0.25) is 0 Å². The summed E-state index contributed by atoms with van der Waals surface area (Å²) in [6, 6.07) is 0. The third-order valence-corrected chi connectivity index (χ3v) is 3.69. The standard InChI is InChI=1S/C9H16OS/c1-3-5-8-7(4-2)6-9(10)11-8/h7-8H,3-6H2,1-2H3. The average molecular weight is 172 g/mol. The topological polar surface area (TPSA) is 17.1 Å². The van der Waals surface area contributed by atoms with Gasteiger partial charge in [0.25, 0.3) is 0 Å². The van der Waals surface area contributed by atoms with E-state index in [9.17, 15) is 4.79 Å². The van der Waals surface area contributed by atoms with Crippen molar-refractivity contribution in [1.82, 2.24) is 0 Å². The zero-order chi connectivity index (χ0) is 8.27. The zero-order valence-electron chi connectivity index (χ0n) is 7.30. The van der Waals surface area contributed by atoms with Crippen molar-refractivity contribution in [3.8, 4) is 0 Å². The summed E-state index contributed by atoms with van der Waals surface area (Å²) in [5.74, 6) is 0.674. The molecule has 0 aliphatic carbocycles. The normalized spacial score (nSPS) is 31.3. The molecule has 0 aromatic carbocycles. The lowest BCUT2D eigenvalue weighted by atomic mass is 9.96. The highest BCUT2D eigenvalue weighted by Gasteiger charge is 2.31. The van der Waals surface area contributed by atoms with Crippen LogP contribution >= 0.6 is 11.8 Å². The van der Waals surface area contributed by atoms with E-state index in [0.717, 1.165) is 6.42 Å². The molecule has 0 saturated carbocycles. The molecule has 2 heteroatoms. The maximum atomic E-state index is 11.1. The Hall–Kier alpha value is 0.0200. The Morgan fingerprint density at radius 1 is 1.55 bits per heavy atom. The van der Waals surface area contributed by atoms with E-state index in [1.165, 1.54) is 19.3 Å². The van der Waals surface area contributed by atoms with E-state index in [1.54, 1.807) is 11.8 Å². The third kappa shape index (κ3) is 2.22. The van der Waals surface area contributed by atoms with Crippen molar-refractivity contribution in [3.63, 3.8) is 0 Å². The van der Waals surface area contributed by atoms with Gasteiger partial charge in [-0.25, -0.2) is 0 Å². The predicted molar refractivity (Wildman–Crippen MR) is 49.7 cm³/mol. The zero-order valence-corrected chi connectivity index (χ0v) is 8.12. The lowest BCUT2D eigenvalue weighted by molar-refractivity contribution is -0.111. The Kier molecular flexibility index (Phi) is 3.44. The highest BCUT2D eigenvalue weighted by Crippen LogP contribution is 2.37. The van der Waals surface area contributed by atoms with E-state index in [1.807, 2.05) is 0 Å². The molecule has 0 spiro atoms. The Balaban J connectivity index is 2.43. The van der Waals surface area contributed by atoms with Gasteiger partial charge in [-0.05, 0) is 12.3 Å². The SMILES string of the molecule is CCCC1SC(=O)CC1CC. The first-order valence-corrected chi connectivity index (χ1v) is 5.35. The summed E-state index contributed by atoms with van der Waals surface area (Å²) in [4.78, 5) is 11.1. The van der Waals surface area contributed by atoms with Crippen LogP contribution in [0.5, 0.6) is 0 Å². The maximum Gasteiger partial charge on any atom is 0.189 e. The molecule has 1 heterocycles. The Labute approximate surface area is 72.9 Å². The van der Waals surface area contributed by atoms with Crippen molar-refractivity contribution in [2.75, 3.05) is 0 Å². The Bertz CT molecular complexity index is 144. The molecule has 1 aliphatic rings. The van der Waals surface area contributed by atoms with Crippen molar-refractivity contribution in [1.29, 1.82) is 0 Å². The molecule has 2 atom stereocenters. The minimum Gasteiger partial charge on any atom is -0.287 e. The molecule has 0 radical (unpaired) electrons. The van der Waals surface area contributed by atoms with Crippen LogP contribution in [0.15, 0.2) is 0 Å². The van der Waals surface area contributed by atoms with E-state index in [-0.39, 0.29) is 0 Å². The van der Waals surface area contributed by atoms with Gasteiger partial charge in [-0.15, -0.1) is 0 Å². The van der Waals surface area contributed by atoms with E-state index in [4.69, 9.17) is 0 Å². The van der Waals surface area contributed by atoms with Crippen LogP contribution in [0.25, 0.3) is 0 Å². The van der Waals surface area contributed by atoms with Gasteiger partial charge in [0.15, 0.2) is 5.12 Å². The first-order chi connectivity index (χ1) is 5.27. The van der Waals surface area contributed by atoms with Crippen LogP contribution in [-0.2, 0) is 4.79 Å². The van der Waals surface area contributed by atoms with Gasteiger partial charge in [0.05, 0.1) is 0 Å². The maximum absolute atomic E-state index is 11.1. The molecular formula is C9H16OS. The molecule has 0 amide bonds. The van der Waals surface area contributed by atoms with Crippen molar-refractivity contribution in [2.24, 2.45) is 5.92 Å². The predicted octanol–water partition coefficient (Wildman–Crippen LogP) is 2.84. The van der Waals surface area contributed by atoms with Gasteiger partial charge in [-0.1, -0.05) is 38.5 Å². The van der Waals surface area contributed by atoms with Gasteiger partial charge >= 0.3 is 0 Å². The summed E-state index contributed by atoms with van der Waals surface area (Å²) in [5, 5.41) is 1.05. The molecule has 1 fully saturated rings. The Morgan fingerprint density at radius 3 is 2.82 bits per heavy atom. The summed E-state index contributed by atoms with van der Waals surface area (Å²) in [7, 11) is 0. The largest absolute Gasteiger partial charge is 0.287 e.